The van der Waals surface area contributed by atoms with Gasteiger partial charge in [-0.2, -0.15) is 15.0 Å². The average molecular weight is 271 g/mol. The number of nitrogens with two attached hydrogens (primary N) is 1. The minimum atomic E-state index is -0.724. The predicted octanol–water partition coefficient (Wildman–Crippen LogP) is -1.63. The fourth-order valence-corrected chi connectivity index (χ4v) is 1.86. The Bertz CT molecular complexity index is 446. The maximum absolute atomic E-state index is 9.70. The van der Waals surface area contributed by atoms with Crippen LogP contribution >= 0.6 is 0 Å². The van der Waals surface area contributed by atoms with Gasteiger partial charge in [0.05, 0.1) is 19.8 Å². The number of nitrogen functional groups attached to an aromatic ring is 1. The third kappa shape index (κ3) is 2.83. The lowest BCUT2D eigenvalue weighted by Crippen LogP contribution is -2.33. The van der Waals surface area contributed by atoms with E-state index >= 15 is 0 Å². The fourth-order valence-electron chi connectivity index (χ4n) is 1.86. The first-order chi connectivity index (χ1) is 9.05. The SMILES string of the molecule is COc1nc(N)nc(N(C)[C@H]2C[C@H](O)[C@@H](CO)O2)n1. The molecule has 1 fully saturated rings. The summed E-state index contributed by atoms with van der Waals surface area (Å²) in [6, 6.07) is 0.103. The Morgan fingerprint density at radius 1 is 1.47 bits per heavy atom. The van der Waals surface area contributed by atoms with Gasteiger partial charge in [-0.1, -0.05) is 0 Å². The van der Waals surface area contributed by atoms with Gasteiger partial charge in [0, 0.05) is 13.5 Å². The molecule has 0 unspecified atom stereocenters. The second kappa shape index (κ2) is 5.51. The number of hydrogen-bond donors (Lipinski definition) is 3. The molecule has 0 radical (unpaired) electrons. The first kappa shape index (κ1) is 13.7. The van der Waals surface area contributed by atoms with Crippen LogP contribution in [0, 0.1) is 0 Å². The van der Waals surface area contributed by atoms with E-state index in [-0.39, 0.29) is 24.5 Å². The van der Waals surface area contributed by atoms with Crippen LogP contribution < -0.4 is 15.4 Å². The number of hydrogen-bond acceptors (Lipinski definition) is 9. The molecule has 1 aromatic rings. The van der Waals surface area contributed by atoms with Gasteiger partial charge >= 0.3 is 6.01 Å². The molecule has 2 heterocycles. The molecule has 2 rings (SSSR count). The highest BCUT2D eigenvalue weighted by Gasteiger charge is 2.36. The van der Waals surface area contributed by atoms with Crippen LogP contribution in [0.4, 0.5) is 11.9 Å². The van der Waals surface area contributed by atoms with Crippen molar-refractivity contribution in [3.8, 4) is 6.01 Å². The second-order valence-corrected chi connectivity index (χ2v) is 4.21. The summed E-state index contributed by atoms with van der Waals surface area (Å²) >= 11 is 0. The lowest BCUT2D eigenvalue weighted by atomic mass is 10.2. The first-order valence-electron chi connectivity index (χ1n) is 5.78. The summed E-state index contributed by atoms with van der Waals surface area (Å²) in [6.45, 7) is -0.242. The van der Waals surface area contributed by atoms with Crippen LogP contribution in [0.2, 0.25) is 0 Å². The van der Waals surface area contributed by atoms with Gasteiger partial charge in [-0.05, 0) is 0 Å². The highest BCUT2D eigenvalue weighted by atomic mass is 16.5. The highest BCUT2D eigenvalue weighted by Crippen LogP contribution is 2.25. The van der Waals surface area contributed by atoms with Gasteiger partial charge in [0.15, 0.2) is 0 Å². The number of aliphatic hydroxyl groups is 2. The Morgan fingerprint density at radius 3 is 2.79 bits per heavy atom. The summed E-state index contributed by atoms with van der Waals surface area (Å²) in [5.41, 5.74) is 5.55. The van der Waals surface area contributed by atoms with Gasteiger partial charge < -0.3 is 30.3 Å². The van der Waals surface area contributed by atoms with Crippen LogP contribution in [0.5, 0.6) is 6.01 Å². The number of anilines is 2. The smallest absolute Gasteiger partial charge is 0.322 e. The first-order valence-corrected chi connectivity index (χ1v) is 5.78. The number of aliphatic hydroxyl groups excluding tert-OH is 2. The van der Waals surface area contributed by atoms with Crippen molar-refractivity contribution in [1.82, 2.24) is 15.0 Å². The van der Waals surface area contributed by atoms with E-state index in [9.17, 15) is 5.11 Å². The monoisotopic (exact) mass is 271 g/mol. The molecule has 9 nitrogen and oxygen atoms in total. The van der Waals surface area contributed by atoms with Gasteiger partial charge in [-0.3, -0.25) is 0 Å². The molecular formula is C10H17N5O4. The van der Waals surface area contributed by atoms with Crippen LogP contribution in [0.3, 0.4) is 0 Å². The van der Waals surface area contributed by atoms with E-state index in [2.05, 4.69) is 15.0 Å². The van der Waals surface area contributed by atoms with Crippen molar-refractivity contribution in [3.63, 3.8) is 0 Å². The van der Waals surface area contributed by atoms with Crippen molar-refractivity contribution in [2.45, 2.75) is 24.9 Å². The molecule has 1 aromatic heterocycles. The van der Waals surface area contributed by atoms with E-state index in [0.717, 1.165) is 0 Å². The van der Waals surface area contributed by atoms with E-state index in [4.69, 9.17) is 20.3 Å². The molecule has 3 atom stereocenters. The molecule has 0 spiro atoms. The fraction of sp³-hybridized carbons (Fsp3) is 0.700. The molecule has 0 aromatic carbocycles. The molecule has 106 valence electrons. The summed E-state index contributed by atoms with van der Waals surface area (Å²) in [6.07, 6.45) is -1.43. The number of nitrogens with zero attached hydrogens (tertiary/aromatic N) is 4. The largest absolute Gasteiger partial charge is 0.467 e. The van der Waals surface area contributed by atoms with E-state index in [1.165, 1.54) is 7.11 Å². The third-order valence-corrected chi connectivity index (χ3v) is 2.93. The molecule has 1 saturated heterocycles. The van der Waals surface area contributed by atoms with Crippen molar-refractivity contribution in [1.29, 1.82) is 0 Å². The Morgan fingerprint density at radius 2 is 2.21 bits per heavy atom. The summed E-state index contributed by atoms with van der Waals surface area (Å²) in [5, 5.41) is 18.7. The number of ether oxygens (including phenoxy) is 2. The maximum Gasteiger partial charge on any atom is 0.322 e. The zero-order chi connectivity index (χ0) is 14.0. The van der Waals surface area contributed by atoms with E-state index in [1.807, 2.05) is 0 Å². The summed E-state index contributed by atoms with van der Waals surface area (Å²) in [5.74, 6) is 0.311. The molecule has 0 amide bonds. The number of rotatable bonds is 4. The van der Waals surface area contributed by atoms with Crippen LogP contribution in [0.15, 0.2) is 0 Å². The minimum Gasteiger partial charge on any atom is -0.467 e. The van der Waals surface area contributed by atoms with Crippen LogP contribution in [-0.2, 0) is 4.74 Å². The van der Waals surface area contributed by atoms with Gasteiger partial charge in [0.2, 0.25) is 11.9 Å². The summed E-state index contributed by atoms with van der Waals surface area (Å²) in [4.78, 5) is 13.4. The molecule has 0 aliphatic carbocycles. The normalized spacial score (nSPS) is 26.4. The molecule has 9 heteroatoms. The lowest BCUT2D eigenvalue weighted by molar-refractivity contribution is -0.0214. The molecule has 1 aliphatic rings. The predicted molar refractivity (Wildman–Crippen MR) is 65.6 cm³/mol. The van der Waals surface area contributed by atoms with E-state index in [0.29, 0.717) is 6.42 Å². The average Bonchev–Trinajstić information content (AvgIpc) is 2.78. The van der Waals surface area contributed by atoms with Gasteiger partial charge in [-0.25, -0.2) is 0 Å². The zero-order valence-corrected chi connectivity index (χ0v) is 10.7. The Kier molecular flexibility index (Phi) is 3.98. The summed E-state index contributed by atoms with van der Waals surface area (Å²) < 4.78 is 10.4. The van der Waals surface area contributed by atoms with Crippen LogP contribution in [0.1, 0.15) is 6.42 Å². The van der Waals surface area contributed by atoms with E-state index in [1.54, 1.807) is 11.9 Å². The molecule has 19 heavy (non-hydrogen) atoms. The Labute approximate surface area is 110 Å². The van der Waals surface area contributed by atoms with Gasteiger partial charge in [-0.15, -0.1) is 0 Å². The van der Waals surface area contributed by atoms with Crippen molar-refractivity contribution >= 4 is 11.9 Å². The molecular weight excluding hydrogens is 254 g/mol. The molecule has 1 aliphatic heterocycles. The van der Waals surface area contributed by atoms with Crippen LogP contribution in [-0.4, -0.2) is 64.4 Å². The van der Waals surface area contributed by atoms with Crippen molar-refractivity contribution < 1.29 is 19.7 Å². The minimum absolute atomic E-state index is 0.0333. The van der Waals surface area contributed by atoms with Crippen LogP contribution in [0.25, 0.3) is 0 Å². The van der Waals surface area contributed by atoms with Crippen molar-refractivity contribution in [3.05, 3.63) is 0 Å². The quantitative estimate of drug-likeness (QED) is 0.591. The molecule has 4 N–H and O–H groups in total. The third-order valence-electron chi connectivity index (χ3n) is 2.93. The Hall–Kier alpha value is -1.71. The van der Waals surface area contributed by atoms with Crippen molar-refractivity contribution in [2.75, 3.05) is 31.4 Å². The molecule has 0 saturated carbocycles. The summed E-state index contributed by atoms with van der Waals surface area (Å²) in [7, 11) is 3.13. The lowest BCUT2D eigenvalue weighted by Gasteiger charge is -2.24. The topological polar surface area (TPSA) is 127 Å². The number of methoxy groups -OCH3 is 1. The van der Waals surface area contributed by atoms with Crippen molar-refractivity contribution in [2.24, 2.45) is 0 Å². The molecule has 0 bridgehead atoms. The number of aromatic nitrogens is 3. The second-order valence-electron chi connectivity index (χ2n) is 4.21. The maximum atomic E-state index is 9.70. The standard InChI is InChI=1S/C10H17N5O4/c1-15(7-3-5(17)6(4-16)19-7)9-12-8(11)13-10(14-9)18-2/h5-7,16-17H,3-4H2,1-2H3,(H2,11,12,13,14)/t5-,6+,7+/m0/s1. The Balaban J connectivity index is 2.16. The zero-order valence-electron chi connectivity index (χ0n) is 10.7. The van der Waals surface area contributed by atoms with Gasteiger partial charge in [0.25, 0.3) is 0 Å². The van der Waals surface area contributed by atoms with E-state index < -0.39 is 18.4 Å². The van der Waals surface area contributed by atoms with Gasteiger partial charge in [0.1, 0.15) is 12.3 Å². The highest BCUT2D eigenvalue weighted by molar-refractivity contribution is 5.35.